The summed E-state index contributed by atoms with van der Waals surface area (Å²) in [6, 6.07) is 5.81. The van der Waals surface area contributed by atoms with Crippen LogP contribution in [0.2, 0.25) is 0 Å². The van der Waals surface area contributed by atoms with Gasteiger partial charge in [0.05, 0.1) is 0 Å². The van der Waals surface area contributed by atoms with E-state index in [9.17, 15) is 0 Å². The molecular weight excluding hydrogens is 138 g/mol. The second kappa shape index (κ2) is 3.08. The molecule has 11 heavy (non-hydrogen) atoms. The predicted molar refractivity (Wildman–Crippen MR) is 44.7 cm³/mol. The fourth-order valence-corrected chi connectivity index (χ4v) is 0.875. The number of azide groups is 1. The molecular formula is C8H9N3. The number of nitrogens with zero attached hydrogens (tertiary/aromatic N) is 3. The van der Waals surface area contributed by atoms with E-state index in [2.05, 4.69) is 10.0 Å². The van der Waals surface area contributed by atoms with E-state index in [4.69, 9.17) is 5.53 Å². The largest absolute Gasteiger partial charge is 0.0605 e. The van der Waals surface area contributed by atoms with Gasteiger partial charge in [0.15, 0.2) is 0 Å². The maximum atomic E-state index is 8.19. The van der Waals surface area contributed by atoms with Crippen LogP contribution in [0.4, 0.5) is 5.69 Å². The fourth-order valence-electron chi connectivity index (χ4n) is 0.875. The van der Waals surface area contributed by atoms with Crippen LogP contribution in [0.5, 0.6) is 0 Å². The lowest BCUT2D eigenvalue weighted by atomic mass is 10.1. The molecule has 1 rings (SSSR count). The molecule has 0 saturated heterocycles. The molecule has 56 valence electrons. The standard InChI is InChI=1S/C8H9N3/c1-6-3-4-7(2)8(5-6)10-11-9/h3-5H,1-2H3. The summed E-state index contributed by atoms with van der Waals surface area (Å²) < 4.78 is 0. The summed E-state index contributed by atoms with van der Waals surface area (Å²) in [5.74, 6) is 0. The Balaban J connectivity index is 3.22. The molecule has 0 aliphatic rings. The minimum atomic E-state index is 0.715. The molecule has 3 nitrogen and oxygen atoms in total. The molecule has 0 bridgehead atoms. The van der Waals surface area contributed by atoms with Crippen LogP contribution >= 0.6 is 0 Å². The van der Waals surface area contributed by atoms with Gasteiger partial charge in [-0.2, -0.15) is 0 Å². The van der Waals surface area contributed by atoms with Crippen LogP contribution in [0, 0.1) is 13.8 Å². The van der Waals surface area contributed by atoms with Gasteiger partial charge in [-0.3, -0.25) is 0 Å². The minimum absolute atomic E-state index is 0.715. The third-order valence-corrected chi connectivity index (χ3v) is 1.52. The number of hydrogen-bond acceptors (Lipinski definition) is 1. The summed E-state index contributed by atoms with van der Waals surface area (Å²) in [7, 11) is 0. The molecule has 0 fully saturated rings. The van der Waals surface area contributed by atoms with Crippen LogP contribution in [-0.4, -0.2) is 0 Å². The summed E-state index contributed by atoms with van der Waals surface area (Å²) in [5.41, 5.74) is 11.0. The monoisotopic (exact) mass is 147 g/mol. The summed E-state index contributed by atoms with van der Waals surface area (Å²) in [6.07, 6.45) is 0. The highest BCUT2D eigenvalue weighted by Crippen LogP contribution is 2.19. The van der Waals surface area contributed by atoms with Gasteiger partial charge >= 0.3 is 0 Å². The SMILES string of the molecule is Cc1ccc(C)c(N=[N+]=[N-])c1. The Hall–Kier alpha value is -1.47. The van der Waals surface area contributed by atoms with Crippen molar-refractivity contribution in [2.45, 2.75) is 13.8 Å². The molecule has 0 spiro atoms. The zero-order valence-corrected chi connectivity index (χ0v) is 6.57. The quantitative estimate of drug-likeness (QED) is 0.332. The van der Waals surface area contributed by atoms with Crippen molar-refractivity contribution in [2.75, 3.05) is 0 Å². The van der Waals surface area contributed by atoms with E-state index >= 15 is 0 Å². The van der Waals surface area contributed by atoms with Crippen molar-refractivity contribution in [1.29, 1.82) is 0 Å². The van der Waals surface area contributed by atoms with Crippen LogP contribution in [0.25, 0.3) is 10.4 Å². The van der Waals surface area contributed by atoms with E-state index in [-0.39, 0.29) is 0 Å². The Labute approximate surface area is 65.3 Å². The molecule has 3 heteroatoms. The number of hydrogen-bond donors (Lipinski definition) is 0. The van der Waals surface area contributed by atoms with Crippen LogP contribution in [0.15, 0.2) is 23.3 Å². The highest BCUT2D eigenvalue weighted by Gasteiger charge is 1.93. The van der Waals surface area contributed by atoms with E-state index in [0.717, 1.165) is 11.1 Å². The van der Waals surface area contributed by atoms with Crippen LogP contribution in [0.1, 0.15) is 11.1 Å². The minimum Gasteiger partial charge on any atom is -0.0605 e. The molecule has 0 unspecified atom stereocenters. The van der Waals surface area contributed by atoms with E-state index in [1.807, 2.05) is 32.0 Å². The zero-order valence-electron chi connectivity index (χ0n) is 6.57. The summed E-state index contributed by atoms with van der Waals surface area (Å²) >= 11 is 0. The molecule has 0 aliphatic heterocycles. The van der Waals surface area contributed by atoms with Gasteiger partial charge in [0, 0.05) is 10.6 Å². The van der Waals surface area contributed by atoms with Gasteiger partial charge in [-0.1, -0.05) is 22.8 Å². The van der Waals surface area contributed by atoms with Gasteiger partial charge in [-0.25, -0.2) is 0 Å². The Kier molecular flexibility index (Phi) is 2.14. The Morgan fingerprint density at radius 3 is 2.73 bits per heavy atom. The van der Waals surface area contributed by atoms with Crippen molar-refractivity contribution in [3.8, 4) is 0 Å². The molecule has 0 N–H and O–H groups in total. The normalized spacial score (nSPS) is 8.91. The molecule has 0 saturated carbocycles. The van der Waals surface area contributed by atoms with Crippen LogP contribution < -0.4 is 0 Å². The van der Waals surface area contributed by atoms with Crippen molar-refractivity contribution < 1.29 is 0 Å². The Bertz CT molecular complexity index is 311. The van der Waals surface area contributed by atoms with Gasteiger partial charge in [0.2, 0.25) is 0 Å². The molecule has 0 atom stereocenters. The summed E-state index contributed by atoms with van der Waals surface area (Å²) in [6.45, 7) is 3.89. The maximum Gasteiger partial charge on any atom is 0.0407 e. The second-order valence-electron chi connectivity index (χ2n) is 2.48. The third kappa shape index (κ3) is 1.72. The Morgan fingerprint density at radius 1 is 1.36 bits per heavy atom. The first-order chi connectivity index (χ1) is 5.24. The van der Waals surface area contributed by atoms with E-state index in [0.29, 0.717) is 5.69 Å². The second-order valence-corrected chi connectivity index (χ2v) is 2.48. The van der Waals surface area contributed by atoms with Gasteiger partial charge < -0.3 is 0 Å². The van der Waals surface area contributed by atoms with Gasteiger partial charge in [0.25, 0.3) is 0 Å². The van der Waals surface area contributed by atoms with Crippen molar-refractivity contribution in [3.05, 3.63) is 39.8 Å². The lowest BCUT2D eigenvalue weighted by molar-refractivity contribution is 1.34. The number of aryl methyl sites for hydroxylation is 2. The molecule has 0 radical (unpaired) electrons. The van der Waals surface area contributed by atoms with Crippen molar-refractivity contribution in [2.24, 2.45) is 5.11 Å². The summed E-state index contributed by atoms with van der Waals surface area (Å²) in [5, 5.41) is 3.55. The van der Waals surface area contributed by atoms with E-state index in [1.54, 1.807) is 0 Å². The highest BCUT2D eigenvalue weighted by atomic mass is 15.1. The first kappa shape index (κ1) is 7.63. The average Bonchev–Trinajstić information content (AvgIpc) is 1.98. The van der Waals surface area contributed by atoms with Gasteiger partial charge in [0.1, 0.15) is 0 Å². The summed E-state index contributed by atoms with van der Waals surface area (Å²) in [4.78, 5) is 2.73. The van der Waals surface area contributed by atoms with Gasteiger partial charge in [-0.15, -0.1) is 0 Å². The van der Waals surface area contributed by atoms with Crippen molar-refractivity contribution in [1.82, 2.24) is 0 Å². The van der Waals surface area contributed by atoms with Crippen LogP contribution in [-0.2, 0) is 0 Å². The zero-order chi connectivity index (χ0) is 8.27. The fraction of sp³-hybridized carbons (Fsp3) is 0.250. The smallest absolute Gasteiger partial charge is 0.0407 e. The number of rotatable bonds is 1. The maximum absolute atomic E-state index is 8.19. The van der Waals surface area contributed by atoms with Crippen LogP contribution in [0.3, 0.4) is 0 Å². The first-order valence-electron chi connectivity index (χ1n) is 3.36. The molecule has 0 aromatic heterocycles. The molecule has 0 aliphatic carbocycles. The van der Waals surface area contributed by atoms with E-state index < -0.39 is 0 Å². The van der Waals surface area contributed by atoms with Crippen molar-refractivity contribution >= 4 is 5.69 Å². The van der Waals surface area contributed by atoms with Crippen molar-refractivity contribution in [3.63, 3.8) is 0 Å². The third-order valence-electron chi connectivity index (χ3n) is 1.52. The topological polar surface area (TPSA) is 48.8 Å². The van der Waals surface area contributed by atoms with Gasteiger partial charge in [-0.05, 0) is 31.0 Å². The lowest BCUT2D eigenvalue weighted by Crippen LogP contribution is -1.74. The highest BCUT2D eigenvalue weighted by molar-refractivity contribution is 5.47. The molecule has 1 aromatic rings. The average molecular weight is 147 g/mol. The molecule has 1 aromatic carbocycles. The van der Waals surface area contributed by atoms with E-state index in [1.165, 1.54) is 0 Å². The molecule has 0 heterocycles. The Morgan fingerprint density at radius 2 is 2.09 bits per heavy atom. The first-order valence-corrected chi connectivity index (χ1v) is 3.36. The predicted octanol–water partition coefficient (Wildman–Crippen LogP) is 3.25. The molecule has 0 amide bonds. The lowest BCUT2D eigenvalue weighted by Gasteiger charge is -1.98. The number of benzene rings is 1.